The second-order valence-electron chi connectivity index (χ2n) is 5.85. The van der Waals surface area contributed by atoms with Crippen LogP contribution in [0.25, 0.3) is 0 Å². The lowest BCUT2D eigenvalue weighted by molar-refractivity contribution is -0.132. The summed E-state index contributed by atoms with van der Waals surface area (Å²) in [6, 6.07) is 11.1. The molecule has 0 aromatic heterocycles. The van der Waals surface area contributed by atoms with E-state index in [1.54, 1.807) is 0 Å². The summed E-state index contributed by atoms with van der Waals surface area (Å²) in [6.07, 6.45) is -0.679. The van der Waals surface area contributed by atoms with Crippen molar-refractivity contribution in [3.8, 4) is 5.75 Å². The van der Waals surface area contributed by atoms with Crippen LogP contribution in [0.3, 0.4) is 0 Å². The summed E-state index contributed by atoms with van der Waals surface area (Å²) in [4.78, 5) is 23.9. The maximum atomic E-state index is 12.8. The van der Waals surface area contributed by atoms with Crippen molar-refractivity contribution in [3.05, 3.63) is 65.0 Å². The number of carbonyl (C=O) groups excluding carboxylic acids is 2. The molecule has 2 aromatic rings. The van der Waals surface area contributed by atoms with Crippen LogP contribution in [0, 0.1) is 19.7 Å². The third-order valence-corrected chi connectivity index (χ3v) is 3.76. The first-order chi connectivity index (χ1) is 11.8. The van der Waals surface area contributed by atoms with Crippen molar-refractivity contribution < 1.29 is 18.7 Å². The molecule has 25 heavy (non-hydrogen) atoms. The molecule has 1 unspecified atom stereocenters. The fraction of sp³-hybridized carbons (Fsp3) is 0.263. The summed E-state index contributed by atoms with van der Waals surface area (Å²) < 4.78 is 18.2. The Morgan fingerprint density at radius 3 is 2.36 bits per heavy atom. The Hall–Kier alpha value is -2.89. The highest BCUT2D eigenvalue weighted by Gasteiger charge is 2.15. The van der Waals surface area contributed by atoms with Crippen LogP contribution in [0.4, 0.5) is 4.39 Å². The highest BCUT2D eigenvalue weighted by Crippen LogP contribution is 2.13. The van der Waals surface area contributed by atoms with E-state index in [1.807, 2.05) is 32.0 Å². The number of hydrazine groups is 1. The van der Waals surface area contributed by atoms with Crippen molar-refractivity contribution in [1.29, 1.82) is 0 Å². The van der Waals surface area contributed by atoms with E-state index in [1.165, 1.54) is 31.2 Å². The lowest BCUT2D eigenvalue weighted by Gasteiger charge is -2.15. The predicted octanol–water partition coefficient (Wildman–Crippen LogP) is 2.60. The third-order valence-electron chi connectivity index (χ3n) is 3.76. The molecule has 0 fully saturated rings. The Bertz CT molecular complexity index is 760. The summed E-state index contributed by atoms with van der Waals surface area (Å²) in [7, 11) is 0. The van der Waals surface area contributed by atoms with Gasteiger partial charge in [-0.2, -0.15) is 0 Å². The van der Waals surface area contributed by atoms with Crippen LogP contribution in [0.5, 0.6) is 5.75 Å². The number of halogens is 1. The molecule has 0 aliphatic carbocycles. The zero-order valence-electron chi connectivity index (χ0n) is 14.4. The molecule has 0 heterocycles. The largest absolute Gasteiger partial charge is 0.481 e. The van der Waals surface area contributed by atoms with Gasteiger partial charge in [0.05, 0.1) is 6.42 Å². The molecule has 2 aromatic carbocycles. The average molecular weight is 344 g/mol. The van der Waals surface area contributed by atoms with E-state index in [0.717, 1.165) is 16.7 Å². The second kappa shape index (κ2) is 8.28. The lowest BCUT2D eigenvalue weighted by Crippen LogP contribution is -2.47. The van der Waals surface area contributed by atoms with Gasteiger partial charge in [0.15, 0.2) is 6.10 Å². The summed E-state index contributed by atoms with van der Waals surface area (Å²) in [6.45, 7) is 5.52. The maximum absolute atomic E-state index is 12.8. The first kappa shape index (κ1) is 18.4. The molecular weight excluding hydrogens is 323 g/mol. The van der Waals surface area contributed by atoms with Gasteiger partial charge < -0.3 is 4.74 Å². The summed E-state index contributed by atoms with van der Waals surface area (Å²) in [5.74, 6) is -0.850. The first-order valence-electron chi connectivity index (χ1n) is 7.92. The highest BCUT2D eigenvalue weighted by molar-refractivity contribution is 5.85. The fourth-order valence-electron chi connectivity index (χ4n) is 2.15. The SMILES string of the molecule is Cc1ccc(CC(=O)NNC(=O)C(C)Oc2ccc(F)cc2)cc1C. The molecule has 0 bridgehead atoms. The zero-order chi connectivity index (χ0) is 18.4. The van der Waals surface area contributed by atoms with Gasteiger partial charge in [-0.15, -0.1) is 0 Å². The zero-order valence-corrected chi connectivity index (χ0v) is 14.4. The van der Waals surface area contributed by atoms with E-state index in [4.69, 9.17) is 4.74 Å². The topological polar surface area (TPSA) is 67.4 Å². The van der Waals surface area contributed by atoms with Crippen LogP contribution in [-0.2, 0) is 16.0 Å². The number of aryl methyl sites for hydroxylation is 2. The van der Waals surface area contributed by atoms with Gasteiger partial charge in [-0.3, -0.25) is 20.4 Å². The van der Waals surface area contributed by atoms with Crippen molar-refractivity contribution in [2.24, 2.45) is 0 Å². The third kappa shape index (κ3) is 5.60. The van der Waals surface area contributed by atoms with Gasteiger partial charge in [-0.05, 0) is 61.7 Å². The van der Waals surface area contributed by atoms with Crippen LogP contribution < -0.4 is 15.6 Å². The van der Waals surface area contributed by atoms with Crippen LogP contribution in [-0.4, -0.2) is 17.9 Å². The molecule has 1 atom stereocenters. The number of hydrogen-bond acceptors (Lipinski definition) is 3. The minimum atomic E-state index is -0.840. The molecule has 2 amide bonds. The average Bonchev–Trinajstić information content (AvgIpc) is 2.58. The molecular formula is C19H21FN2O3. The number of hydrogen-bond donors (Lipinski definition) is 2. The number of rotatable bonds is 5. The van der Waals surface area contributed by atoms with Crippen LogP contribution in [0.1, 0.15) is 23.6 Å². The molecule has 5 nitrogen and oxygen atoms in total. The van der Waals surface area contributed by atoms with Gasteiger partial charge in [0.25, 0.3) is 5.91 Å². The van der Waals surface area contributed by atoms with E-state index in [-0.39, 0.29) is 18.1 Å². The molecule has 0 aliphatic heterocycles. The summed E-state index contributed by atoms with van der Waals surface area (Å²) in [5.41, 5.74) is 7.81. The van der Waals surface area contributed by atoms with Crippen molar-refractivity contribution in [2.45, 2.75) is 33.3 Å². The second-order valence-corrected chi connectivity index (χ2v) is 5.85. The standard InChI is InChI=1S/C19H21FN2O3/c1-12-4-5-15(10-13(12)2)11-18(23)21-22-19(24)14(3)25-17-8-6-16(20)7-9-17/h4-10,14H,11H2,1-3H3,(H,21,23)(H,22,24). The highest BCUT2D eigenvalue weighted by atomic mass is 19.1. The Labute approximate surface area is 146 Å². The Balaban J connectivity index is 1.80. The van der Waals surface area contributed by atoms with Crippen molar-refractivity contribution in [1.82, 2.24) is 10.9 Å². The molecule has 0 saturated carbocycles. The Kier molecular flexibility index (Phi) is 6.11. The first-order valence-corrected chi connectivity index (χ1v) is 7.92. The Morgan fingerprint density at radius 1 is 1.04 bits per heavy atom. The molecule has 0 spiro atoms. The maximum Gasteiger partial charge on any atom is 0.279 e. The normalized spacial score (nSPS) is 11.5. The van der Waals surface area contributed by atoms with Gasteiger partial charge in [0.1, 0.15) is 11.6 Å². The number of amides is 2. The number of benzene rings is 2. The quantitative estimate of drug-likeness (QED) is 0.820. The summed E-state index contributed by atoms with van der Waals surface area (Å²) in [5, 5.41) is 0. The number of carbonyl (C=O) groups is 2. The van der Waals surface area contributed by atoms with Crippen LogP contribution >= 0.6 is 0 Å². The minimum absolute atomic E-state index is 0.161. The van der Waals surface area contributed by atoms with E-state index >= 15 is 0 Å². The predicted molar refractivity (Wildman–Crippen MR) is 92.4 cm³/mol. The van der Waals surface area contributed by atoms with Gasteiger partial charge >= 0.3 is 0 Å². The van der Waals surface area contributed by atoms with Gasteiger partial charge in [0.2, 0.25) is 5.91 Å². The van der Waals surface area contributed by atoms with E-state index in [0.29, 0.717) is 5.75 Å². The molecule has 0 radical (unpaired) electrons. The summed E-state index contributed by atoms with van der Waals surface area (Å²) >= 11 is 0. The lowest BCUT2D eigenvalue weighted by atomic mass is 10.0. The monoisotopic (exact) mass is 344 g/mol. The van der Waals surface area contributed by atoms with E-state index in [2.05, 4.69) is 10.9 Å². The van der Waals surface area contributed by atoms with Gasteiger partial charge in [0, 0.05) is 0 Å². The fourth-order valence-corrected chi connectivity index (χ4v) is 2.15. The molecule has 2 N–H and O–H groups in total. The van der Waals surface area contributed by atoms with Crippen molar-refractivity contribution >= 4 is 11.8 Å². The van der Waals surface area contributed by atoms with Gasteiger partial charge in [-0.1, -0.05) is 18.2 Å². The van der Waals surface area contributed by atoms with E-state index in [9.17, 15) is 14.0 Å². The minimum Gasteiger partial charge on any atom is -0.481 e. The van der Waals surface area contributed by atoms with Crippen molar-refractivity contribution in [3.63, 3.8) is 0 Å². The number of ether oxygens (including phenoxy) is 1. The number of nitrogens with one attached hydrogen (secondary N) is 2. The smallest absolute Gasteiger partial charge is 0.279 e. The molecule has 0 saturated heterocycles. The van der Waals surface area contributed by atoms with E-state index < -0.39 is 12.0 Å². The molecule has 6 heteroatoms. The van der Waals surface area contributed by atoms with Crippen LogP contribution in [0.15, 0.2) is 42.5 Å². The molecule has 2 rings (SSSR count). The molecule has 132 valence electrons. The van der Waals surface area contributed by atoms with Crippen LogP contribution in [0.2, 0.25) is 0 Å². The van der Waals surface area contributed by atoms with Gasteiger partial charge in [-0.25, -0.2) is 4.39 Å². The Morgan fingerprint density at radius 2 is 1.72 bits per heavy atom. The van der Waals surface area contributed by atoms with Crippen molar-refractivity contribution in [2.75, 3.05) is 0 Å². The molecule has 0 aliphatic rings.